The van der Waals surface area contributed by atoms with Gasteiger partial charge in [0.1, 0.15) is 11.9 Å². The molecule has 3 aromatic rings. The number of carbonyl (C=O) groups excluding carboxylic acids is 2. The predicted octanol–water partition coefficient (Wildman–Crippen LogP) is 6.07. The maximum absolute atomic E-state index is 13.7. The zero-order valence-electron chi connectivity index (χ0n) is 21.4. The molecule has 1 aliphatic carbocycles. The molecule has 4 rings (SSSR count). The lowest BCUT2D eigenvalue weighted by atomic mass is 10.0. The first-order valence-electron chi connectivity index (χ1n) is 13.0. The fraction of sp³-hybridized carbons (Fsp3) is 0.355. The van der Waals surface area contributed by atoms with Gasteiger partial charge in [0.25, 0.3) is 0 Å². The number of hydrogen-bond donors (Lipinski definition) is 1. The summed E-state index contributed by atoms with van der Waals surface area (Å²) >= 11 is 1.49. The summed E-state index contributed by atoms with van der Waals surface area (Å²) in [6.07, 6.45) is 4.69. The molecule has 0 aliphatic heterocycles. The number of rotatable bonds is 11. The number of benzene rings is 3. The van der Waals surface area contributed by atoms with Gasteiger partial charge < -0.3 is 10.2 Å². The van der Waals surface area contributed by atoms with Crippen molar-refractivity contribution in [1.29, 1.82) is 0 Å². The molecule has 0 aromatic heterocycles. The Morgan fingerprint density at radius 2 is 1.65 bits per heavy atom. The van der Waals surface area contributed by atoms with E-state index in [9.17, 15) is 14.0 Å². The van der Waals surface area contributed by atoms with Crippen molar-refractivity contribution >= 4 is 23.6 Å². The summed E-state index contributed by atoms with van der Waals surface area (Å²) in [7, 11) is 0. The third-order valence-electron chi connectivity index (χ3n) is 6.82. The van der Waals surface area contributed by atoms with Crippen LogP contribution in [0.25, 0.3) is 0 Å². The van der Waals surface area contributed by atoms with Crippen LogP contribution in [-0.2, 0) is 28.3 Å². The lowest BCUT2D eigenvalue weighted by Crippen LogP contribution is -2.52. The molecular weight excluding hydrogens is 483 g/mol. The van der Waals surface area contributed by atoms with Gasteiger partial charge in [0.2, 0.25) is 11.8 Å². The van der Waals surface area contributed by atoms with Gasteiger partial charge in [-0.1, -0.05) is 85.1 Å². The van der Waals surface area contributed by atoms with E-state index in [4.69, 9.17) is 0 Å². The van der Waals surface area contributed by atoms with E-state index in [1.807, 2.05) is 55.5 Å². The average Bonchev–Trinajstić information content (AvgIpc) is 3.41. The summed E-state index contributed by atoms with van der Waals surface area (Å²) in [5, 5.41) is 3.24. The fourth-order valence-electron chi connectivity index (χ4n) is 4.85. The summed E-state index contributed by atoms with van der Waals surface area (Å²) in [5.41, 5.74) is 4.11. The number of nitrogens with one attached hydrogen (secondary N) is 1. The minimum atomic E-state index is -0.609. The number of aryl methyl sites for hydroxylation is 1. The molecule has 37 heavy (non-hydrogen) atoms. The molecule has 6 heteroatoms. The van der Waals surface area contributed by atoms with Gasteiger partial charge in [-0.05, 0) is 48.6 Å². The molecule has 0 radical (unpaired) electrons. The van der Waals surface area contributed by atoms with Crippen molar-refractivity contribution in [3.05, 3.63) is 107 Å². The quantitative estimate of drug-likeness (QED) is 0.335. The smallest absolute Gasteiger partial charge is 0.243 e. The van der Waals surface area contributed by atoms with Gasteiger partial charge in [-0.25, -0.2) is 4.39 Å². The van der Waals surface area contributed by atoms with E-state index in [0.717, 1.165) is 47.9 Å². The highest BCUT2D eigenvalue weighted by atomic mass is 32.2. The van der Waals surface area contributed by atoms with E-state index in [1.54, 1.807) is 17.0 Å². The normalized spacial score (nSPS) is 14.3. The van der Waals surface area contributed by atoms with Crippen LogP contribution >= 0.6 is 11.8 Å². The lowest BCUT2D eigenvalue weighted by Gasteiger charge is -2.32. The zero-order valence-corrected chi connectivity index (χ0v) is 22.2. The van der Waals surface area contributed by atoms with Crippen molar-refractivity contribution in [2.75, 3.05) is 5.75 Å². The maximum atomic E-state index is 13.7. The van der Waals surface area contributed by atoms with Gasteiger partial charge in [-0.3, -0.25) is 9.59 Å². The zero-order chi connectivity index (χ0) is 26.0. The second kappa shape index (κ2) is 13.4. The number of nitrogens with zero attached hydrogens (tertiary/aromatic N) is 1. The lowest BCUT2D eigenvalue weighted by molar-refractivity contribution is -0.139. The Morgan fingerprint density at radius 1 is 0.946 bits per heavy atom. The van der Waals surface area contributed by atoms with E-state index in [-0.39, 0.29) is 29.4 Å². The average molecular weight is 519 g/mol. The van der Waals surface area contributed by atoms with Gasteiger partial charge in [-0.2, -0.15) is 0 Å². The Kier molecular flexibility index (Phi) is 9.78. The second-order valence-electron chi connectivity index (χ2n) is 9.83. The van der Waals surface area contributed by atoms with Crippen molar-refractivity contribution < 1.29 is 14.0 Å². The Labute approximate surface area is 223 Å². The van der Waals surface area contributed by atoms with E-state index in [2.05, 4.69) is 11.4 Å². The summed E-state index contributed by atoms with van der Waals surface area (Å²) in [6.45, 7) is 2.40. The van der Waals surface area contributed by atoms with Crippen LogP contribution in [0.1, 0.15) is 47.9 Å². The molecule has 2 amide bonds. The monoisotopic (exact) mass is 518 g/mol. The van der Waals surface area contributed by atoms with E-state index >= 15 is 0 Å². The summed E-state index contributed by atoms with van der Waals surface area (Å²) in [5.74, 6) is 0.412. The van der Waals surface area contributed by atoms with Gasteiger partial charge in [0, 0.05) is 24.8 Å². The minimum Gasteiger partial charge on any atom is -0.352 e. The first-order chi connectivity index (χ1) is 18.0. The highest BCUT2D eigenvalue weighted by molar-refractivity contribution is 7.99. The van der Waals surface area contributed by atoms with E-state index in [0.29, 0.717) is 18.7 Å². The molecule has 0 heterocycles. The van der Waals surface area contributed by atoms with Gasteiger partial charge in [0.05, 0.1) is 5.75 Å². The van der Waals surface area contributed by atoms with Crippen molar-refractivity contribution in [3.8, 4) is 0 Å². The molecular formula is C31H35FN2O2S. The van der Waals surface area contributed by atoms with Crippen LogP contribution in [-0.4, -0.2) is 34.6 Å². The van der Waals surface area contributed by atoms with Crippen LogP contribution < -0.4 is 5.32 Å². The number of hydrogen-bond acceptors (Lipinski definition) is 3. The van der Waals surface area contributed by atoms with Crippen LogP contribution in [0.3, 0.4) is 0 Å². The third-order valence-corrected chi connectivity index (χ3v) is 7.80. The topological polar surface area (TPSA) is 49.4 Å². The Balaban J connectivity index is 1.56. The molecule has 1 atom stereocenters. The summed E-state index contributed by atoms with van der Waals surface area (Å²) < 4.78 is 13.3. The molecule has 3 aromatic carbocycles. The largest absolute Gasteiger partial charge is 0.352 e. The number of carbonyl (C=O) groups is 2. The van der Waals surface area contributed by atoms with Gasteiger partial charge >= 0.3 is 0 Å². The number of amides is 2. The Morgan fingerprint density at radius 3 is 2.35 bits per heavy atom. The van der Waals surface area contributed by atoms with E-state index < -0.39 is 6.04 Å². The summed E-state index contributed by atoms with van der Waals surface area (Å²) in [4.78, 5) is 29.2. The number of thioether (sulfide) groups is 1. The summed E-state index contributed by atoms with van der Waals surface area (Å²) in [6, 6.07) is 23.9. The Hall–Kier alpha value is -3.12. The van der Waals surface area contributed by atoms with Crippen LogP contribution in [0.5, 0.6) is 0 Å². The minimum absolute atomic E-state index is 0.0730. The molecule has 1 fully saturated rings. The van der Waals surface area contributed by atoms with Crippen molar-refractivity contribution in [3.63, 3.8) is 0 Å². The fourth-order valence-corrected chi connectivity index (χ4v) is 5.72. The number of halogens is 1. The Bertz CT molecular complexity index is 1160. The molecule has 4 nitrogen and oxygen atoms in total. The molecule has 0 spiro atoms. The van der Waals surface area contributed by atoms with Crippen LogP contribution in [0, 0.1) is 12.7 Å². The van der Waals surface area contributed by atoms with Gasteiger partial charge in [0.15, 0.2) is 0 Å². The first-order valence-corrected chi connectivity index (χ1v) is 14.1. The molecule has 0 unspecified atom stereocenters. The standard InChI is InChI=1S/C31H35FN2O2S/c1-23-8-7-11-26(18-23)20-34(30(35)22-37-21-25-14-16-27(32)17-15-25)29(19-24-9-3-2-4-10-24)31(36)33-28-12-5-6-13-28/h2-4,7-11,14-18,28-29H,5-6,12-13,19-22H2,1H3,(H,33,36)/t29-/m0/s1. The SMILES string of the molecule is Cc1cccc(CN(C(=O)CSCc2ccc(F)cc2)[C@@H](Cc2ccccc2)C(=O)NC2CCCC2)c1. The van der Waals surface area contributed by atoms with Crippen molar-refractivity contribution in [1.82, 2.24) is 10.2 Å². The third kappa shape index (κ3) is 8.19. The van der Waals surface area contributed by atoms with Crippen molar-refractivity contribution in [2.45, 2.75) is 63.4 Å². The predicted molar refractivity (Wildman–Crippen MR) is 149 cm³/mol. The molecule has 1 aliphatic rings. The second-order valence-corrected chi connectivity index (χ2v) is 10.8. The van der Waals surface area contributed by atoms with Crippen LogP contribution in [0.15, 0.2) is 78.9 Å². The molecule has 194 valence electrons. The highest BCUT2D eigenvalue weighted by Crippen LogP contribution is 2.21. The first kappa shape index (κ1) is 26.9. The van der Waals surface area contributed by atoms with Crippen LogP contribution in [0.2, 0.25) is 0 Å². The highest BCUT2D eigenvalue weighted by Gasteiger charge is 2.32. The molecule has 0 bridgehead atoms. The van der Waals surface area contributed by atoms with Crippen molar-refractivity contribution in [2.24, 2.45) is 0 Å². The molecule has 0 saturated heterocycles. The molecule has 1 N–H and O–H groups in total. The maximum Gasteiger partial charge on any atom is 0.243 e. The molecule has 1 saturated carbocycles. The van der Waals surface area contributed by atoms with Gasteiger partial charge in [-0.15, -0.1) is 11.8 Å². The van der Waals surface area contributed by atoms with Crippen LogP contribution in [0.4, 0.5) is 4.39 Å². The van der Waals surface area contributed by atoms with E-state index in [1.165, 1.54) is 23.9 Å².